The van der Waals surface area contributed by atoms with E-state index in [0.717, 1.165) is 0 Å². The van der Waals surface area contributed by atoms with E-state index in [-0.39, 0.29) is 5.69 Å². The van der Waals surface area contributed by atoms with Gasteiger partial charge in [0.1, 0.15) is 11.4 Å². The zero-order valence-corrected chi connectivity index (χ0v) is 11.6. The minimum Gasteiger partial charge on any atom is -0.476 e. The van der Waals surface area contributed by atoms with Crippen LogP contribution in [0.1, 0.15) is 29.0 Å². The molecule has 2 rings (SSSR count). The molecule has 0 radical (unpaired) electrons. The number of halogens is 3. The van der Waals surface area contributed by atoms with E-state index in [1.807, 2.05) is 0 Å². The molecule has 1 aliphatic carbocycles. The SMILES string of the molecule is Cc1[nH]nc(C(=O)O)c1S(=O)(=O)N(CC(F)(F)F)C1CC1. The van der Waals surface area contributed by atoms with Gasteiger partial charge < -0.3 is 5.11 Å². The van der Waals surface area contributed by atoms with Crippen molar-refractivity contribution in [2.75, 3.05) is 6.54 Å². The largest absolute Gasteiger partial charge is 0.476 e. The van der Waals surface area contributed by atoms with Crippen LogP contribution in [0.4, 0.5) is 13.2 Å². The van der Waals surface area contributed by atoms with Crippen molar-refractivity contribution < 1.29 is 31.5 Å². The van der Waals surface area contributed by atoms with Gasteiger partial charge in [-0.3, -0.25) is 5.10 Å². The van der Waals surface area contributed by atoms with Gasteiger partial charge in [0.15, 0.2) is 5.69 Å². The highest BCUT2D eigenvalue weighted by Gasteiger charge is 2.46. The van der Waals surface area contributed by atoms with Gasteiger partial charge >= 0.3 is 12.1 Å². The number of sulfonamides is 1. The predicted molar refractivity (Wildman–Crippen MR) is 63.3 cm³/mol. The Hall–Kier alpha value is -1.62. The lowest BCUT2D eigenvalue weighted by atomic mass is 10.4. The number of carboxylic acid groups (broad SMARTS) is 1. The Kier molecular flexibility index (Phi) is 3.74. The maximum Gasteiger partial charge on any atom is 0.402 e. The number of nitrogens with zero attached hydrogens (tertiary/aromatic N) is 2. The molecule has 1 aromatic rings. The zero-order valence-electron chi connectivity index (χ0n) is 10.8. The summed E-state index contributed by atoms with van der Waals surface area (Å²) < 4.78 is 62.8. The van der Waals surface area contributed by atoms with Crippen molar-refractivity contribution >= 4 is 16.0 Å². The number of aromatic nitrogens is 2. The van der Waals surface area contributed by atoms with E-state index in [1.165, 1.54) is 6.92 Å². The molecule has 21 heavy (non-hydrogen) atoms. The lowest BCUT2D eigenvalue weighted by Crippen LogP contribution is -2.41. The van der Waals surface area contributed by atoms with Crippen LogP contribution in [-0.4, -0.2) is 52.8 Å². The summed E-state index contributed by atoms with van der Waals surface area (Å²) in [5, 5.41) is 14.4. The molecular formula is C10H12F3N3O4S. The van der Waals surface area contributed by atoms with E-state index in [9.17, 15) is 26.4 Å². The van der Waals surface area contributed by atoms with E-state index in [1.54, 1.807) is 0 Å². The second-order valence-corrected chi connectivity index (χ2v) is 6.56. The number of H-pyrrole nitrogens is 1. The molecule has 0 spiro atoms. The first-order valence-electron chi connectivity index (χ1n) is 5.91. The van der Waals surface area contributed by atoms with Crippen molar-refractivity contribution in [3.8, 4) is 0 Å². The highest BCUT2D eigenvalue weighted by Crippen LogP contribution is 2.36. The van der Waals surface area contributed by atoms with Gasteiger partial charge in [-0.1, -0.05) is 0 Å². The van der Waals surface area contributed by atoms with Gasteiger partial charge in [0.25, 0.3) is 0 Å². The molecule has 0 saturated heterocycles. The first-order valence-corrected chi connectivity index (χ1v) is 7.35. The van der Waals surface area contributed by atoms with Crippen LogP contribution in [0, 0.1) is 6.92 Å². The number of carboxylic acids is 1. The number of nitrogens with one attached hydrogen (secondary N) is 1. The summed E-state index contributed by atoms with van der Waals surface area (Å²) in [6.45, 7) is -0.408. The number of aryl methyl sites for hydroxylation is 1. The molecule has 118 valence electrons. The minimum absolute atomic E-state index is 0.111. The second kappa shape index (κ2) is 4.98. The molecule has 0 unspecified atom stereocenters. The number of aromatic amines is 1. The highest BCUT2D eigenvalue weighted by molar-refractivity contribution is 7.89. The maximum absolute atomic E-state index is 12.6. The van der Waals surface area contributed by atoms with E-state index in [0.29, 0.717) is 17.1 Å². The average Bonchev–Trinajstić information content (AvgIpc) is 3.06. The van der Waals surface area contributed by atoms with Crippen LogP contribution in [0.5, 0.6) is 0 Å². The number of rotatable bonds is 5. The fourth-order valence-corrected chi connectivity index (χ4v) is 3.91. The van der Waals surface area contributed by atoms with Gasteiger partial charge in [0, 0.05) is 6.04 Å². The fraction of sp³-hybridized carbons (Fsp3) is 0.600. The Balaban J connectivity index is 2.49. The van der Waals surface area contributed by atoms with Crippen molar-refractivity contribution in [1.82, 2.24) is 14.5 Å². The van der Waals surface area contributed by atoms with Crippen LogP contribution in [0.3, 0.4) is 0 Å². The first kappa shape index (κ1) is 15.8. The Morgan fingerprint density at radius 1 is 1.48 bits per heavy atom. The van der Waals surface area contributed by atoms with E-state index < -0.39 is 45.3 Å². The molecule has 11 heteroatoms. The van der Waals surface area contributed by atoms with E-state index >= 15 is 0 Å². The normalized spacial score (nSPS) is 16.4. The molecule has 0 amide bonds. The molecule has 0 aliphatic heterocycles. The summed E-state index contributed by atoms with van der Waals surface area (Å²) in [5.74, 6) is -1.62. The van der Waals surface area contributed by atoms with E-state index in [4.69, 9.17) is 5.11 Å². The smallest absolute Gasteiger partial charge is 0.402 e. The first-order chi connectivity index (χ1) is 9.54. The minimum atomic E-state index is -4.71. The zero-order chi connectivity index (χ0) is 16.0. The van der Waals surface area contributed by atoms with Gasteiger partial charge in [-0.2, -0.15) is 22.6 Å². The van der Waals surface area contributed by atoms with Crippen LogP contribution in [0.15, 0.2) is 4.90 Å². The van der Waals surface area contributed by atoms with Gasteiger partial charge in [-0.15, -0.1) is 0 Å². The quantitative estimate of drug-likeness (QED) is 0.844. The van der Waals surface area contributed by atoms with Crippen molar-refractivity contribution in [3.63, 3.8) is 0 Å². The third-order valence-corrected chi connectivity index (χ3v) is 5.01. The van der Waals surface area contributed by atoms with Crippen LogP contribution in [0.25, 0.3) is 0 Å². The molecular weight excluding hydrogens is 315 g/mol. The van der Waals surface area contributed by atoms with Gasteiger partial charge in [-0.25, -0.2) is 13.2 Å². The summed E-state index contributed by atoms with van der Waals surface area (Å²) in [6, 6.07) is -0.757. The van der Waals surface area contributed by atoms with Crippen LogP contribution in [0.2, 0.25) is 0 Å². The summed E-state index contributed by atoms with van der Waals surface area (Å²) in [5.41, 5.74) is -0.916. The number of hydrogen-bond acceptors (Lipinski definition) is 4. The Morgan fingerprint density at radius 2 is 2.05 bits per heavy atom. The summed E-state index contributed by atoms with van der Waals surface area (Å²) >= 11 is 0. The molecule has 1 saturated carbocycles. The maximum atomic E-state index is 12.6. The molecule has 1 aliphatic rings. The van der Waals surface area contributed by atoms with E-state index in [2.05, 4.69) is 10.2 Å². The van der Waals surface area contributed by atoms with Crippen molar-refractivity contribution in [1.29, 1.82) is 0 Å². The summed E-state index contributed by atoms with van der Waals surface area (Å²) in [6.07, 6.45) is -4.08. The highest BCUT2D eigenvalue weighted by atomic mass is 32.2. The Bertz CT molecular complexity index is 664. The number of alkyl halides is 3. The van der Waals surface area contributed by atoms with Gasteiger partial charge in [-0.05, 0) is 19.8 Å². The van der Waals surface area contributed by atoms with Crippen molar-refractivity contribution in [2.24, 2.45) is 0 Å². The molecule has 1 heterocycles. The van der Waals surface area contributed by atoms with Crippen LogP contribution >= 0.6 is 0 Å². The van der Waals surface area contributed by atoms with Crippen LogP contribution < -0.4 is 0 Å². The number of hydrogen-bond donors (Lipinski definition) is 2. The number of carbonyl (C=O) groups is 1. The lowest BCUT2D eigenvalue weighted by Gasteiger charge is -2.23. The standard InChI is InChI=1S/C10H12F3N3O4S/c1-5-8(7(9(17)18)15-14-5)21(19,20)16(6-2-3-6)4-10(11,12)13/h6H,2-4H2,1H3,(H,14,15)(H,17,18). The monoisotopic (exact) mass is 327 g/mol. The van der Waals surface area contributed by atoms with Crippen molar-refractivity contribution in [2.45, 2.75) is 36.9 Å². The topological polar surface area (TPSA) is 103 Å². The molecule has 7 nitrogen and oxygen atoms in total. The summed E-state index contributed by atoms with van der Waals surface area (Å²) in [7, 11) is -4.60. The number of aromatic carboxylic acids is 1. The second-order valence-electron chi connectivity index (χ2n) is 4.73. The summed E-state index contributed by atoms with van der Waals surface area (Å²) in [4.78, 5) is 10.3. The molecule has 0 atom stereocenters. The molecule has 0 aromatic carbocycles. The van der Waals surface area contributed by atoms with Gasteiger partial charge in [0.05, 0.1) is 5.69 Å². The third kappa shape index (κ3) is 3.18. The molecule has 1 fully saturated rings. The average molecular weight is 327 g/mol. The molecule has 1 aromatic heterocycles. The van der Waals surface area contributed by atoms with Gasteiger partial charge in [0.2, 0.25) is 10.0 Å². The molecule has 0 bridgehead atoms. The van der Waals surface area contributed by atoms with Crippen molar-refractivity contribution in [3.05, 3.63) is 11.4 Å². The third-order valence-electron chi connectivity index (χ3n) is 2.95. The Labute approximate surface area is 117 Å². The lowest BCUT2D eigenvalue weighted by molar-refractivity contribution is -0.137. The predicted octanol–water partition coefficient (Wildman–Crippen LogP) is 1.13. The fourth-order valence-electron chi connectivity index (χ4n) is 1.95. The Morgan fingerprint density at radius 3 is 2.48 bits per heavy atom. The molecule has 2 N–H and O–H groups in total. The van der Waals surface area contributed by atoms with Crippen LogP contribution in [-0.2, 0) is 10.0 Å².